The average molecular weight is 334 g/mol. The molecule has 4 nitrogen and oxygen atoms in total. The first-order valence-corrected chi connectivity index (χ1v) is 8.58. The predicted molar refractivity (Wildman–Crippen MR) is 80.7 cm³/mol. The molecular weight excluding hydrogens is 321 g/mol. The summed E-state index contributed by atoms with van der Waals surface area (Å²) in [5.41, 5.74) is 0.560. The topological polar surface area (TPSA) is 63.2 Å². The molecule has 1 saturated heterocycles. The molecule has 1 amide bonds. The lowest BCUT2D eigenvalue weighted by Crippen LogP contribution is -2.34. The van der Waals surface area contributed by atoms with Gasteiger partial charge in [-0.05, 0) is 24.6 Å². The monoisotopic (exact) mass is 333 g/mol. The summed E-state index contributed by atoms with van der Waals surface area (Å²) in [6.07, 6.45) is 3.27. The SMILES string of the molecule is O=C(/C=C/c1c(Cl)cccc1Cl)NC1CCS(=O)(=O)C1. The number of hydrogen-bond donors (Lipinski definition) is 1. The molecule has 108 valence electrons. The van der Waals surface area contributed by atoms with E-state index in [1.165, 1.54) is 12.2 Å². The second-order valence-corrected chi connectivity index (χ2v) is 7.62. The van der Waals surface area contributed by atoms with Gasteiger partial charge in [-0.2, -0.15) is 0 Å². The fourth-order valence-corrected chi connectivity index (χ4v) is 4.18. The molecule has 1 N–H and O–H groups in total. The van der Waals surface area contributed by atoms with Gasteiger partial charge in [-0.25, -0.2) is 8.42 Å². The molecule has 0 radical (unpaired) electrons. The van der Waals surface area contributed by atoms with Crippen molar-refractivity contribution in [3.8, 4) is 0 Å². The van der Waals surface area contributed by atoms with E-state index in [4.69, 9.17) is 23.2 Å². The van der Waals surface area contributed by atoms with E-state index in [1.807, 2.05) is 0 Å². The summed E-state index contributed by atoms with van der Waals surface area (Å²) in [5.74, 6) is -0.236. The number of amides is 1. The van der Waals surface area contributed by atoms with E-state index in [1.54, 1.807) is 18.2 Å². The minimum absolute atomic E-state index is 0.000566. The summed E-state index contributed by atoms with van der Waals surface area (Å²) in [4.78, 5) is 11.7. The molecule has 1 unspecified atom stereocenters. The minimum Gasteiger partial charge on any atom is -0.349 e. The van der Waals surface area contributed by atoms with Crippen LogP contribution in [0.1, 0.15) is 12.0 Å². The van der Waals surface area contributed by atoms with E-state index >= 15 is 0 Å². The maximum atomic E-state index is 11.7. The number of benzene rings is 1. The van der Waals surface area contributed by atoms with Crippen LogP contribution < -0.4 is 5.32 Å². The molecular formula is C13H13Cl2NO3S. The second kappa shape index (κ2) is 6.16. The van der Waals surface area contributed by atoms with Crippen LogP contribution >= 0.6 is 23.2 Å². The molecule has 20 heavy (non-hydrogen) atoms. The Kier molecular flexibility index (Phi) is 4.73. The number of nitrogens with one attached hydrogen (secondary N) is 1. The molecule has 0 saturated carbocycles. The molecule has 0 spiro atoms. The molecule has 0 bridgehead atoms. The third-order valence-corrected chi connectivity index (χ3v) is 5.41. The summed E-state index contributed by atoms with van der Waals surface area (Å²) in [5, 5.41) is 3.55. The zero-order chi connectivity index (χ0) is 14.8. The smallest absolute Gasteiger partial charge is 0.244 e. The molecule has 0 aliphatic carbocycles. The van der Waals surface area contributed by atoms with Crippen LogP contribution in [-0.2, 0) is 14.6 Å². The van der Waals surface area contributed by atoms with Gasteiger partial charge in [0.1, 0.15) is 0 Å². The van der Waals surface area contributed by atoms with Crippen molar-refractivity contribution in [1.82, 2.24) is 5.32 Å². The molecule has 1 aliphatic heterocycles. The molecule has 1 atom stereocenters. The highest BCUT2D eigenvalue weighted by atomic mass is 35.5. The normalized spacial score (nSPS) is 21.2. The number of carbonyl (C=O) groups is 1. The maximum Gasteiger partial charge on any atom is 0.244 e. The Labute approximate surface area is 127 Å². The molecule has 1 heterocycles. The molecule has 1 fully saturated rings. The lowest BCUT2D eigenvalue weighted by molar-refractivity contribution is -0.116. The highest BCUT2D eigenvalue weighted by Crippen LogP contribution is 2.25. The Morgan fingerprint density at radius 1 is 1.30 bits per heavy atom. The van der Waals surface area contributed by atoms with Crippen molar-refractivity contribution < 1.29 is 13.2 Å². The fourth-order valence-electron chi connectivity index (χ4n) is 1.99. The van der Waals surface area contributed by atoms with Crippen LogP contribution in [0.3, 0.4) is 0 Å². The molecule has 7 heteroatoms. The minimum atomic E-state index is -3.00. The Hall–Kier alpha value is -1.04. The van der Waals surface area contributed by atoms with E-state index in [0.717, 1.165) is 0 Å². The van der Waals surface area contributed by atoms with Gasteiger partial charge in [0.05, 0.1) is 11.5 Å². The first-order valence-electron chi connectivity index (χ1n) is 6.00. The van der Waals surface area contributed by atoms with Gasteiger partial charge in [-0.1, -0.05) is 29.3 Å². The Morgan fingerprint density at radius 3 is 2.50 bits per heavy atom. The van der Waals surface area contributed by atoms with Crippen LogP contribution in [0.15, 0.2) is 24.3 Å². The van der Waals surface area contributed by atoms with Gasteiger partial charge in [-0.3, -0.25) is 4.79 Å². The lowest BCUT2D eigenvalue weighted by Gasteiger charge is -2.08. The summed E-state index contributed by atoms with van der Waals surface area (Å²) < 4.78 is 22.6. The number of carbonyl (C=O) groups excluding carboxylic acids is 1. The van der Waals surface area contributed by atoms with Crippen LogP contribution in [0.25, 0.3) is 6.08 Å². The molecule has 0 aromatic heterocycles. The fraction of sp³-hybridized carbons (Fsp3) is 0.308. The second-order valence-electron chi connectivity index (χ2n) is 4.58. The first-order chi connectivity index (χ1) is 9.37. The lowest BCUT2D eigenvalue weighted by atomic mass is 10.2. The van der Waals surface area contributed by atoms with Gasteiger partial charge in [0.2, 0.25) is 5.91 Å². The number of hydrogen-bond acceptors (Lipinski definition) is 3. The van der Waals surface area contributed by atoms with Crippen LogP contribution in [-0.4, -0.2) is 31.9 Å². The largest absolute Gasteiger partial charge is 0.349 e. The van der Waals surface area contributed by atoms with Gasteiger partial charge >= 0.3 is 0 Å². The molecule has 2 rings (SSSR count). The third kappa shape index (κ3) is 3.98. The van der Waals surface area contributed by atoms with Gasteiger partial charge in [0, 0.05) is 27.7 Å². The van der Waals surface area contributed by atoms with E-state index in [0.29, 0.717) is 22.0 Å². The van der Waals surface area contributed by atoms with Crippen LogP contribution in [0.4, 0.5) is 0 Å². The van der Waals surface area contributed by atoms with E-state index < -0.39 is 9.84 Å². The van der Waals surface area contributed by atoms with Gasteiger partial charge < -0.3 is 5.32 Å². The first kappa shape index (κ1) is 15.4. The summed E-state index contributed by atoms with van der Waals surface area (Å²) in [6.45, 7) is 0. The average Bonchev–Trinajstić information content (AvgIpc) is 2.68. The van der Waals surface area contributed by atoms with Crippen molar-refractivity contribution in [2.24, 2.45) is 0 Å². The standard InChI is InChI=1S/C13H13Cl2NO3S/c14-11-2-1-3-12(15)10(11)4-5-13(17)16-9-6-7-20(18,19)8-9/h1-5,9H,6-8H2,(H,16,17)/b5-4+. The highest BCUT2D eigenvalue weighted by Gasteiger charge is 2.28. The van der Waals surface area contributed by atoms with E-state index in [2.05, 4.69) is 5.32 Å². The summed E-state index contributed by atoms with van der Waals surface area (Å²) in [7, 11) is -3.00. The zero-order valence-electron chi connectivity index (χ0n) is 10.5. The molecule has 1 aliphatic rings. The van der Waals surface area contributed by atoms with Gasteiger partial charge in [0.15, 0.2) is 9.84 Å². The number of sulfone groups is 1. The van der Waals surface area contributed by atoms with Crippen molar-refractivity contribution in [1.29, 1.82) is 0 Å². The van der Waals surface area contributed by atoms with Crippen molar-refractivity contribution in [3.63, 3.8) is 0 Å². The zero-order valence-corrected chi connectivity index (χ0v) is 12.8. The van der Waals surface area contributed by atoms with Gasteiger partial charge in [0.25, 0.3) is 0 Å². The Bertz CT molecular complexity index is 635. The van der Waals surface area contributed by atoms with Crippen molar-refractivity contribution in [2.75, 3.05) is 11.5 Å². The van der Waals surface area contributed by atoms with Crippen LogP contribution in [0, 0.1) is 0 Å². The Morgan fingerprint density at radius 2 is 1.95 bits per heavy atom. The number of halogens is 2. The van der Waals surface area contributed by atoms with Gasteiger partial charge in [-0.15, -0.1) is 0 Å². The van der Waals surface area contributed by atoms with Crippen molar-refractivity contribution >= 4 is 45.0 Å². The predicted octanol–water partition coefficient (Wildman–Crippen LogP) is 2.31. The Balaban J connectivity index is 2.00. The highest BCUT2D eigenvalue weighted by molar-refractivity contribution is 7.91. The summed E-state index contributed by atoms with van der Waals surface area (Å²) in [6, 6.07) is 4.74. The summed E-state index contributed by atoms with van der Waals surface area (Å²) >= 11 is 11.9. The van der Waals surface area contributed by atoms with Crippen LogP contribution in [0.2, 0.25) is 10.0 Å². The molecule has 1 aromatic carbocycles. The van der Waals surface area contributed by atoms with Crippen molar-refractivity contribution in [3.05, 3.63) is 39.9 Å². The van der Waals surface area contributed by atoms with E-state index in [-0.39, 0.29) is 23.5 Å². The van der Waals surface area contributed by atoms with Crippen molar-refractivity contribution in [2.45, 2.75) is 12.5 Å². The van der Waals surface area contributed by atoms with E-state index in [9.17, 15) is 13.2 Å². The maximum absolute atomic E-state index is 11.7. The quantitative estimate of drug-likeness (QED) is 0.863. The molecule has 1 aromatic rings. The van der Waals surface area contributed by atoms with Crippen LogP contribution in [0.5, 0.6) is 0 Å². The third-order valence-electron chi connectivity index (χ3n) is 2.98. The number of rotatable bonds is 3.